The molecule has 1 aliphatic heterocycles. The Morgan fingerprint density at radius 3 is 2.04 bits per heavy atom. The standard InChI is InChI=1S/C20H25NO2/c1-14(2)10-12-20(13-11-15(3)4)18(22)16-8-6-7-9-17(16)21(5)19(20)23/h6-11H,12-13H2,1-5H3. The zero-order chi connectivity index (χ0) is 17.2. The van der Waals surface area contributed by atoms with E-state index in [0.29, 0.717) is 24.1 Å². The summed E-state index contributed by atoms with van der Waals surface area (Å²) in [6, 6.07) is 7.36. The Morgan fingerprint density at radius 2 is 1.52 bits per heavy atom. The zero-order valence-corrected chi connectivity index (χ0v) is 14.6. The van der Waals surface area contributed by atoms with E-state index in [0.717, 1.165) is 11.1 Å². The first-order valence-electron chi connectivity index (χ1n) is 7.98. The lowest BCUT2D eigenvalue weighted by Crippen LogP contribution is -2.51. The molecule has 1 amide bonds. The van der Waals surface area contributed by atoms with Crippen molar-refractivity contribution < 1.29 is 9.59 Å². The van der Waals surface area contributed by atoms with Crippen molar-refractivity contribution in [3.8, 4) is 0 Å². The summed E-state index contributed by atoms with van der Waals surface area (Å²) in [5.41, 5.74) is 2.54. The van der Waals surface area contributed by atoms with E-state index in [2.05, 4.69) is 0 Å². The van der Waals surface area contributed by atoms with Crippen LogP contribution in [0.5, 0.6) is 0 Å². The van der Waals surface area contributed by atoms with Crippen LogP contribution < -0.4 is 4.90 Å². The van der Waals surface area contributed by atoms with E-state index >= 15 is 0 Å². The van der Waals surface area contributed by atoms with Gasteiger partial charge < -0.3 is 4.90 Å². The molecule has 0 bridgehead atoms. The number of carbonyl (C=O) groups is 2. The highest BCUT2D eigenvalue weighted by molar-refractivity contribution is 6.24. The second-order valence-electron chi connectivity index (χ2n) is 6.76. The molecule has 0 radical (unpaired) electrons. The molecule has 0 aliphatic carbocycles. The fourth-order valence-corrected chi connectivity index (χ4v) is 2.94. The van der Waals surface area contributed by atoms with Crippen LogP contribution >= 0.6 is 0 Å². The summed E-state index contributed by atoms with van der Waals surface area (Å²) in [5, 5.41) is 0. The van der Waals surface area contributed by atoms with Crippen LogP contribution in [-0.2, 0) is 4.79 Å². The number of fused-ring (bicyclic) bond motifs is 1. The predicted octanol–water partition coefficient (Wildman–Crippen LogP) is 4.54. The molecule has 3 heteroatoms. The number of allylic oxidation sites excluding steroid dienone is 4. The Bertz CT molecular complexity index is 669. The molecule has 1 heterocycles. The van der Waals surface area contributed by atoms with Crippen molar-refractivity contribution in [2.24, 2.45) is 5.41 Å². The third-order valence-electron chi connectivity index (χ3n) is 4.38. The van der Waals surface area contributed by atoms with Gasteiger partial charge >= 0.3 is 0 Å². The average Bonchev–Trinajstić information content (AvgIpc) is 2.52. The molecule has 0 spiro atoms. The van der Waals surface area contributed by atoms with Gasteiger partial charge in [-0.3, -0.25) is 9.59 Å². The molecule has 0 fully saturated rings. The molecule has 0 N–H and O–H groups in total. The molecule has 1 aromatic rings. The molecule has 122 valence electrons. The van der Waals surface area contributed by atoms with E-state index in [1.165, 1.54) is 0 Å². The van der Waals surface area contributed by atoms with Crippen molar-refractivity contribution in [1.29, 1.82) is 0 Å². The first-order valence-corrected chi connectivity index (χ1v) is 7.98. The first-order chi connectivity index (χ1) is 10.8. The molecule has 0 unspecified atom stereocenters. The highest BCUT2D eigenvalue weighted by atomic mass is 16.2. The topological polar surface area (TPSA) is 37.4 Å². The van der Waals surface area contributed by atoms with Crippen LogP contribution in [0.2, 0.25) is 0 Å². The molecule has 0 saturated carbocycles. The number of rotatable bonds is 4. The maximum atomic E-state index is 13.2. The summed E-state index contributed by atoms with van der Waals surface area (Å²) < 4.78 is 0. The van der Waals surface area contributed by atoms with E-state index in [1.807, 2.05) is 64.1 Å². The van der Waals surface area contributed by atoms with Gasteiger partial charge in [-0.25, -0.2) is 0 Å². The fourth-order valence-electron chi connectivity index (χ4n) is 2.94. The van der Waals surface area contributed by atoms with Gasteiger partial charge in [0.2, 0.25) is 5.91 Å². The minimum atomic E-state index is -1.03. The number of Topliss-reactive ketones (excluding diaryl/α,β-unsaturated/α-hetero) is 1. The van der Waals surface area contributed by atoms with Crippen molar-refractivity contribution in [3.63, 3.8) is 0 Å². The summed E-state index contributed by atoms with van der Waals surface area (Å²) in [6.07, 6.45) is 4.87. The predicted molar refractivity (Wildman–Crippen MR) is 94.7 cm³/mol. The van der Waals surface area contributed by atoms with E-state index in [-0.39, 0.29) is 11.7 Å². The van der Waals surface area contributed by atoms with Gasteiger partial charge in [0.15, 0.2) is 5.78 Å². The van der Waals surface area contributed by atoms with Crippen molar-refractivity contribution in [2.75, 3.05) is 11.9 Å². The third kappa shape index (κ3) is 3.14. The third-order valence-corrected chi connectivity index (χ3v) is 4.38. The quantitative estimate of drug-likeness (QED) is 0.604. The molecule has 3 nitrogen and oxygen atoms in total. The van der Waals surface area contributed by atoms with Gasteiger partial charge in [0, 0.05) is 12.6 Å². The minimum Gasteiger partial charge on any atom is -0.314 e. The van der Waals surface area contributed by atoms with Crippen LogP contribution in [-0.4, -0.2) is 18.7 Å². The van der Waals surface area contributed by atoms with Crippen LogP contribution in [0, 0.1) is 5.41 Å². The number of hydrogen-bond donors (Lipinski definition) is 0. The summed E-state index contributed by atoms with van der Waals surface area (Å²) in [7, 11) is 1.76. The molecule has 1 aromatic carbocycles. The first kappa shape index (κ1) is 17.2. The largest absolute Gasteiger partial charge is 0.314 e. The zero-order valence-electron chi connectivity index (χ0n) is 14.6. The van der Waals surface area contributed by atoms with E-state index in [9.17, 15) is 9.59 Å². The molecule has 1 aliphatic rings. The number of carbonyl (C=O) groups excluding carboxylic acids is 2. The van der Waals surface area contributed by atoms with Gasteiger partial charge in [0.05, 0.1) is 5.69 Å². The van der Waals surface area contributed by atoms with Crippen molar-refractivity contribution in [2.45, 2.75) is 40.5 Å². The number of benzene rings is 1. The van der Waals surface area contributed by atoms with Gasteiger partial charge in [-0.15, -0.1) is 0 Å². The van der Waals surface area contributed by atoms with Crippen molar-refractivity contribution in [3.05, 3.63) is 53.1 Å². The molecular weight excluding hydrogens is 286 g/mol. The Morgan fingerprint density at radius 1 is 1.00 bits per heavy atom. The second-order valence-corrected chi connectivity index (χ2v) is 6.76. The lowest BCUT2D eigenvalue weighted by atomic mass is 9.70. The maximum Gasteiger partial charge on any atom is 0.241 e. The van der Waals surface area contributed by atoms with Gasteiger partial charge in [-0.2, -0.15) is 0 Å². The smallest absolute Gasteiger partial charge is 0.241 e. The Labute approximate surface area is 138 Å². The fraction of sp³-hybridized carbons (Fsp3) is 0.400. The van der Waals surface area contributed by atoms with Crippen LogP contribution in [0.15, 0.2) is 47.6 Å². The molecular formula is C20H25NO2. The Balaban J connectivity index is 2.60. The van der Waals surface area contributed by atoms with Crippen LogP contribution in [0.1, 0.15) is 50.9 Å². The lowest BCUT2D eigenvalue weighted by molar-refractivity contribution is -0.125. The van der Waals surface area contributed by atoms with E-state index < -0.39 is 5.41 Å². The van der Waals surface area contributed by atoms with Gasteiger partial charge in [0.25, 0.3) is 0 Å². The van der Waals surface area contributed by atoms with Gasteiger partial charge in [-0.05, 0) is 52.7 Å². The van der Waals surface area contributed by atoms with Crippen molar-refractivity contribution >= 4 is 17.4 Å². The van der Waals surface area contributed by atoms with Crippen LogP contribution in [0.3, 0.4) is 0 Å². The summed E-state index contributed by atoms with van der Waals surface area (Å²) in [5.74, 6) is -0.178. The minimum absolute atomic E-state index is 0.0637. The number of ketones is 1. The van der Waals surface area contributed by atoms with Gasteiger partial charge in [-0.1, -0.05) is 35.4 Å². The number of anilines is 1. The average molecular weight is 311 g/mol. The number of nitrogens with zero attached hydrogens (tertiary/aromatic N) is 1. The summed E-state index contributed by atoms with van der Waals surface area (Å²) >= 11 is 0. The maximum absolute atomic E-state index is 13.2. The highest BCUT2D eigenvalue weighted by Crippen LogP contribution is 2.42. The number of amides is 1. The number of hydrogen-bond acceptors (Lipinski definition) is 2. The molecule has 0 atom stereocenters. The summed E-state index contributed by atoms with van der Waals surface area (Å²) in [4.78, 5) is 27.9. The normalized spacial score (nSPS) is 16.0. The Hall–Kier alpha value is -2.16. The van der Waals surface area contributed by atoms with Crippen molar-refractivity contribution in [1.82, 2.24) is 0 Å². The molecule has 0 saturated heterocycles. The Kier molecular flexibility index (Phi) is 4.88. The molecule has 2 rings (SSSR count). The lowest BCUT2D eigenvalue weighted by Gasteiger charge is -2.39. The van der Waals surface area contributed by atoms with E-state index in [1.54, 1.807) is 11.9 Å². The number of para-hydroxylation sites is 1. The SMILES string of the molecule is CC(C)=CCC1(CC=C(C)C)C(=O)c2ccccc2N(C)C1=O. The highest BCUT2D eigenvalue weighted by Gasteiger charge is 2.50. The van der Waals surface area contributed by atoms with Crippen LogP contribution in [0.4, 0.5) is 5.69 Å². The van der Waals surface area contributed by atoms with Gasteiger partial charge in [0.1, 0.15) is 5.41 Å². The second kappa shape index (κ2) is 6.53. The van der Waals surface area contributed by atoms with E-state index in [4.69, 9.17) is 0 Å². The summed E-state index contributed by atoms with van der Waals surface area (Å²) in [6.45, 7) is 7.96. The van der Waals surface area contributed by atoms with Crippen LogP contribution in [0.25, 0.3) is 0 Å². The molecule has 23 heavy (non-hydrogen) atoms. The monoisotopic (exact) mass is 311 g/mol. The molecule has 0 aromatic heterocycles.